The monoisotopic (exact) mass is 367 g/mol. The van der Waals surface area contributed by atoms with Gasteiger partial charge in [-0.15, -0.1) is 6.42 Å². The lowest BCUT2D eigenvalue weighted by Crippen LogP contribution is -2.26. The van der Waals surface area contributed by atoms with Crippen LogP contribution in [0.15, 0.2) is 30.6 Å². The molecule has 0 atom stereocenters. The number of rotatable bonds is 6. The van der Waals surface area contributed by atoms with E-state index in [1.54, 1.807) is 6.20 Å². The van der Waals surface area contributed by atoms with Crippen molar-refractivity contribution >= 4 is 28.5 Å². The molecule has 0 aliphatic heterocycles. The molecule has 0 aliphatic rings. The molecule has 0 spiro atoms. The van der Waals surface area contributed by atoms with E-state index in [4.69, 9.17) is 28.9 Å². The molecule has 3 heterocycles. The maximum atomic E-state index is 6.14. The minimum absolute atomic E-state index is 0.553. The van der Waals surface area contributed by atoms with Crippen LogP contribution in [0, 0.1) is 12.3 Å². The summed E-state index contributed by atoms with van der Waals surface area (Å²) in [5.74, 6) is 9.68. The number of hydrogen-bond acceptors (Lipinski definition) is 4. The van der Waals surface area contributed by atoms with E-state index in [1.165, 1.54) is 4.68 Å². The zero-order chi connectivity index (χ0) is 18.7. The molecule has 0 aromatic carbocycles. The van der Waals surface area contributed by atoms with Crippen LogP contribution < -0.4 is 10.7 Å². The third kappa shape index (κ3) is 3.47. The number of terminal acetylenes is 1. The zero-order valence-corrected chi connectivity index (χ0v) is 15.8. The third-order valence-electron chi connectivity index (χ3n) is 4.20. The summed E-state index contributed by atoms with van der Waals surface area (Å²) in [6.45, 7) is 6.18. The SMILES string of the molecule is C#Cc1cc(-c2cn(N)c3ncc(Cl)cc23)nc(N(CCC)CCC)c1. The second-order valence-electron chi connectivity index (χ2n) is 6.21. The van der Waals surface area contributed by atoms with Gasteiger partial charge >= 0.3 is 0 Å². The summed E-state index contributed by atoms with van der Waals surface area (Å²) in [6.07, 6.45) is 11.2. The number of anilines is 1. The Balaban J connectivity index is 2.18. The number of nitrogens with zero attached hydrogens (tertiary/aromatic N) is 4. The van der Waals surface area contributed by atoms with Crippen LogP contribution in [-0.4, -0.2) is 27.7 Å². The van der Waals surface area contributed by atoms with Gasteiger partial charge in [0.05, 0.1) is 10.7 Å². The Bertz CT molecular complexity index is 964. The average molecular weight is 368 g/mol. The summed E-state index contributed by atoms with van der Waals surface area (Å²) in [7, 11) is 0. The summed E-state index contributed by atoms with van der Waals surface area (Å²) in [5.41, 5.74) is 3.07. The van der Waals surface area contributed by atoms with E-state index < -0.39 is 0 Å². The highest BCUT2D eigenvalue weighted by atomic mass is 35.5. The smallest absolute Gasteiger partial charge is 0.158 e. The first kappa shape index (κ1) is 18.1. The molecule has 0 amide bonds. The fourth-order valence-electron chi connectivity index (χ4n) is 3.09. The minimum Gasteiger partial charge on any atom is -0.357 e. The molecule has 3 aromatic rings. The summed E-state index contributed by atoms with van der Waals surface area (Å²) in [4.78, 5) is 11.4. The van der Waals surface area contributed by atoms with Crippen LogP contribution in [0.4, 0.5) is 5.82 Å². The van der Waals surface area contributed by atoms with Crippen LogP contribution in [0.3, 0.4) is 0 Å². The number of fused-ring (bicyclic) bond motifs is 1. The predicted octanol–water partition coefficient (Wildman–Crippen LogP) is 4.07. The van der Waals surface area contributed by atoms with Gasteiger partial charge in [-0.2, -0.15) is 0 Å². The van der Waals surface area contributed by atoms with Crippen molar-refractivity contribution in [2.24, 2.45) is 0 Å². The second kappa shape index (κ2) is 7.67. The molecule has 0 bridgehead atoms. The highest BCUT2D eigenvalue weighted by Gasteiger charge is 2.15. The van der Waals surface area contributed by atoms with Crippen molar-refractivity contribution in [2.75, 3.05) is 23.8 Å². The molecule has 0 fully saturated rings. The molecule has 0 saturated heterocycles. The van der Waals surface area contributed by atoms with Gasteiger partial charge < -0.3 is 10.7 Å². The topological polar surface area (TPSA) is 60.0 Å². The highest BCUT2D eigenvalue weighted by Crippen LogP contribution is 2.31. The van der Waals surface area contributed by atoms with E-state index >= 15 is 0 Å². The molecule has 3 rings (SSSR count). The molecule has 0 aliphatic carbocycles. The van der Waals surface area contributed by atoms with Gasteiger partial charge in [-0.3, -0.25) is 4.68 Å². The average Bonchev–Trinajstić information content (AvgIpc) is 2.97. The van der Waals surface area contributed by atoms with Crippen molar-refractivity contribution in [1.82, 2.24) is 14.6 Å². The number of nitrogens with two attached hydrogens (primary N) is 1. The molecular weight excluding hydrogens is 346 g/mol. The molecule has 3 aromatic heterocycles. The largest absolute Gasteiger partial charge is 0.357 e. The van der Waals surface area contributed by atoms with Gasteiger partial charge in [-0.25, -0.2) is 9.97 Å². The van der Waals surface area contributed by atoms with Crippen molar-refractivity contribution in [3.63, 3.8) is 0 Å². The zero-order valence-electron chi connectivity index (χ0n) is 15.0. The number of hydrogen-bond donors (Lipinski definition) is 1. The number of pyridine rings is 2. The number of halogens is 1. The van der Waals surface area contributed by atoms with Crippen LogP contribution in [0.2, 0.25) is 5.02 Å². The van der Waals surface area contributed by atoms with Crippen molar-refractivity contribution in [3.8, 4) is 23.6 Å². The predicted molar refractivity (Wildman–Crippen MR) is 109 cm³/mol. The molecule has 5 nitrogen and oxygen atoms in total. The molecule has 0 unspecified atom stereocenters. The van der Waals surface area contributed by atoms with Gasteiger partial charge in [-0.05, 0) is 31.0 Å². The molecule has 6 heteroatoms. The van der Waals surface area contributed by atoms with E-state index in [-0.39, 0.29) is 0 Å². The Morgan fingerprint density at radius 3 is 2.62 bits per heavy atom. The Morgan fingerprint density at radius 1 is 1.23 bits per heavy atom. The maximum absolute atomic E-state index is 6.14. The molecule has 0 saturated carbocycles. The Hall–Kier alpha value is -2.71. The van der Waals surface area contributed by atoms with Crippen molar-refractivity contribution in [2.45, 2.75) is 26.7 Å². The summed E-state index contributed by atoms with van der Waals surface area (Å²) >= 11 is 6.14. The van der Waals surface area contributed by atoms with Crippen molar-refractivity contribution in [3.05, 3.63) is 41.2 Å². The lowest BCUT2D eigenvalue weighted by atomic mass is 10.1. The quantitative estimate of drug-likeness (QED) is 0.527. The van der Waals surface area contributed by atoms with Gasteiger partial charge in [0.1, 0.15) is 5.82 Å². The molecule has 26 heavy (non-hydrogen) atoms. The van der Waals surface area contributed by atoms with E-state index in [0.717, 1.165) is 54.0 Å². The minimum atomic E-state index is 0.553. The first-order chi connectivity index (χ1) is 12.6. The fraction of sp³-hybridized carbons (Fsp3) is 0.300. The van der Waals surface area contributed by atoms with Crippen LogP contribution in [-0.2, 0) is 0 Å². The van der Waals surface area contributed by atoms with Crippen LogP contribution in [0.25, 0.3) is 22.3 Å². The van der Waals surface area contributed by atoms with E-state index in [9.17, 15) is 0 Å². The maximum Gasteiger partial charge on any atom is 0.158 e. The standard InChI is InChI=1S/C20H22ClN5/c1-4-7-25(8-5-2)19-10-14(6-3)9-18(24-19)17-13-26(22)20-16(17)11-15(21)12-23-20/h3,9-13H,4-5,7-8,22H2,1-2H3. The molecular formula is C20H22ClN5. The Morgan fingerprint density at radius 2 is 1.96 bits per heavy atom. The van der Waals surface area contributed by atoms with Crippen LogP contribution in [0.1, 0.15) is 32.3 Å². The Kier molecular flexibility index (Phi) is 5.34. The number of aromatic nitrogens is 3. The van der Waals surface area contributed by atoms with Crippen molar-refractivity contribution in [1.29, 1.82) is 0 Å². The number of nitrogen functional groups attached to an aromatic ring is 1. The fourth-order valence-corrected chi connectivity index (χ4v) is 3.25. The molecule has 2 N–H and O–H groups in total. The lowest BCUT2D eigenvalue weighted by Gasteiger charge is -2.23. The van der Waals surface area contributed by atoms with Crippen LogP contribution >= 0.6 is 11.6 Å². The highest BCUT2D eigenvalue weighted by molar-refractivity contribution is 6.31. The molecule has 134 valence electrons. The van der Waals surface area contributed by atoms with Gasteiger partial charge in [0, 0.05) is 42.0 Å². The van der Waals surface area contributed by atoms with E-state index in [1.807, 2.05) is 24.4 Å². The third-order valence-corrected chi connectivity index (χ3v) is 4.41. The van der Waals surface area contributed by atoms with Gasteiger partial charge in [0.25, 0.3) is 0 Å². The summed E-state index contributed by atoms with van der Waals surface area (Å²) < 4.78 is 1.49. The summed E-state index contributed by atoms with van der Waals surface area (Å²) in [6, 6.07) is 5.71. The lowest BCUT2D eigenvalue weighted by molar-refractivity contribution is 0.734. The first-order valence-corrected chi connectivity index (χ1v) is 9.10. The second-order valence-corrected chi connectivity index (χ2v) is 6.64. The molecule has 0 radical (unpaired) electrons. The van der Waals surface area contributed by atoms with Crippen molar-refractivity contribution < 1.29 is 0 Å². The van der Waals surface area contributed by atoms with Gasteiger partial charge in [0.15, 0.2) is 5.65 Å². The normalized spacial score (nSPS) is 10.8. The van der Waals surface area contributed by atoms with E-state index in [0.29, 0.717) is 10.7 Å². The van der Waals surface area contributed by atoms with Gasteiger partial charge in [0.2, 0.25) is 0 Å². The Labute approximate surface area is 158 Å². The summed E-state index contributed by atoms with van der Waals surface area (Å²) in [5, 5.41) is 1.40. The first-order valence-electron chi connectivity index (χ1n) is 8.73. The van der Waals surface area contributed by atoms with E-state index in [2.05, 4.69) is 29.7 Å². The van der Waals surface area contributed by atoms with Gasteiger partial charge in [-0.1, -0.05) is 31.4 Å². The van der Waals surface area contributed by atoms with Crippen LogP contribution in [0.5, 0.6) is 0 Å².